The molecular weight excluding hydrogens is 242 g/mol. The van der Waals surface area contributed by atoms with Gasteiger partial charge in [-0.25, -0.2) is 0 Å². The van der Waals surface area contributed by atoms with Gasteiger partial charge >= 0.3 is 0 Å². The number of allylic oxidation sites excluding steroid dienone is 1. The molecule has 0 spiro atoms. The van der Waals surface area contributed by atoms with E-state index in [2.05, 4.69) is 40.3 Å². The summed E-state index contributed by atoms with van der Waals surface area (Å²) in [6, 6.07) is 2.13. The number of nitrogens with zero attached hydrogens (tertiary/aromatic N) is 1. The van der Waals surface area contributed by atoms with E-state index in [-0.39, 0.29) is 0 Å². The van der Waals surface area contributed by atoms with Gasteiger partial charge in [-0.05, 0) is 30.6 Å². The van der Waals surface area contributed by atoms with Crippen LogP contribution in [0, 0.1) is 29.1 Å². The van der Waals surface area contributed by atoms with Crippen molar-refractivity contribution in [2.24, 2.45) is 17.8 Å². The number of rotatable bonds is 12. The summed E-state index contributed by atoms with van der Waals surface area (Å²) in [6.45, 7) is 13.1. The molecule has 0 aliphatic carbocycles. The molecule has 116 valence electrons. The third kappa shape index (κ3) is 12.3. The summed E-state index contributed by atoms with van der Waals surface area (Å²) in [5.41, 5.74) is 0.732. The zero-order chi connectivity index (χ0) is 15.4. The Kier molecular flexibility index (Phi) is 11.5. The van der Waals surface area contributed by atoms with E-state index in [1.807, 2.05) is 0 Å². The van der Waals surface area contributed by atoms with Gasteiger partial charge in [0.15, 0.2) is 0 Å². The molecule has 0 bridgehead atoms. The lowest BCUT2D eigenvalue weighted by atomic mass is 9.91. The molecule has 0 fully saturated rings. The highest BCUT2D eigenvalue weighted by atomic mass is 14.2. The predicted molar refractivity (Wildman–Crippen MR) is 89.5 cm³/mol. The van der Waals surface area contributed by atoms with Gasteiger partial charge in [0.25, 0.3) is 0 Å². The van der Waals surface area contributed by atoms with Crippen molar-refractivity contribution in [2.45, 2.75) is 85.5 Å². The van der Waals surface area contributed by atoms with Crippen LogP contribution in [0.5, 0.6) is 0 Å². The van der Waals surface area contributed by atoms with Gasteiger partial charge < -0.3 is 0 Å². The molecule has 0 aromatic heterocycles. The predicted octanol–water partition coefficient (Wildman–Crippen LogP) is 6.51. The fourth-order valence-corrected chi connectivity index (χ4v) is 2.70. The summed E-state index contributed by atoms with van der Waals surface area (Å²) in [5.74, 6) is 2.54. The van der Waals surface area contributed by atoms with Crippen LogP contribution in [0.2, 0.25) is 0 Å². The first-order chi connectivity index (χ1) is 9.45. The summed E-state index contributed by atoms with van der Waals surface area (Å²) in [6.07, 6.45) is 11.5. The summed E-state index contributed by atoms with van der Waals surface area (Å²) in [5, 5.41) is 8.66. The lowest BCUT2D eigenvalue weighted by molar-refractivity contribution is 0.389. The van der Waals surface area contributed by atoms with Crippen LogP contribution in [-0.4, -0.2) is 0 Å². The minimum absolute atomic E-state index is 0.732. The van der Waals surface area contributed by atoms with Crippen molar-refractivity contribution in [3.8, 4) is 6.07 Å². The fourth-order valence-electron chi connectivity index (χ4n) is 2.70. The average molecular weight is 277 g/mol. The molecular formula is C19H35N. The highest BCUT2D eigenvalue weighted by Gasteiger charge is 2.06. The molecule has 0 aromatic carbocycles. The average Bonchev–Trinajstić information content (AvgIpc) is 2.38. The Bertz CT molecular complexity index is 285. The van der Waals surface area contributed by atoms with E-state index in [0.717, 1.165) is 36.2 Å². The third-order valence-electron chi connectivity index (χ3n) is 4.21. The SMILES string of the molecule is C=C(C#N)CCCC(C)CCCC(C)CCCC(C)C. The highest BCUT2D eigenvalue weighted by Crippen LogP contribution is 2.21. The molecule has 1 nitrogen and oxygen atoms in total. The van der Waals surface area contributed by atoms with E-state index in [1.165, 1.54) is 44.9 Å². The molecule has 0 N–H and O–H groups in total. The van der Waals surface area contributed by atoms with E-state index in [0.29, 0.717) is 0 Å². The summed E-state index contributed by atoms with van der Waals surface area (Å²) >= 11 is 0. The van der Waals surface area contributed by atoms with Crippen molar-refractivity contribution in [1.82, 2.24) is 0 Å². The molecule has 0 aliphatic heterocycles. The van der Waals surface area contributed by atoms with Crippen LogP contribution in [0.3, 0.4) is 0 Å². The van der Waals surface area contributed by atoms with Gasteiger partial charge in [-0.15, -0.1) is 0 Å². The van der Waals surface area contributed by atoms with Gasteiger partial charge in [0.1, 0.15) is 0 Å². The second-order valence-electron chi connectivity index (χ2n) is 7.07. The molecule has 0 amide bonds. The molecule has 0 aliphatic rings. The quantitative estimate of drug-likeness (QED) is 0.373. The van der Waals surface area contributed by atoms with Gasteiger partial charge in [-0.3, -0.25) is 0 Å². The van der Waals surface area contributed by atoms with Crippen LogP contribution in [0.4, 0.5) is 0 Å². The first kappa shape index (κ1) is 19.2. The van der Waals surface area contributed by atoms with Crippen molar-refractivity contribution in [3.05, 3.63) is 12.2 Å². The smallest absolute Gasteiger partial charge is 0.0940 e. The highest BCUT2D eigenvalue weighted by molar-refractivity contribution is 5.15. The maximum atomic E-state index is 8.66. The Labute approximate surface area is 127 Å². The van der Waals surface area contributed by atoms with E-state index >= 15 is 0 Å². The Hall–Kier alpha value is -0.770. The number of hydrogen-bond acceptors (Lipinski definition) is 1. The van der Waals surface area contributed by atoms with E-state index in [1.54, 1.807) is 0 Å². The maximum absolute atomic E-state index is 8.66. The Balaban J connectivity index is 3.48. The summed E-state index contributed by atoms with van der Waals surface area (Å²) in [7, 11) is 0. The summed E-state index contributed by atoms with van der Waals surface area (Å²) < 4.78 is 0. The molecule has 0 heterocycles. The van der Waals surface area contributed by atoms with Crippen molar-refractivity contribution < 1.29 is 0 Å². The van der Waals surface area contributed by atoms with Gasteiger partial charge in [0, 0.05) is 5.57 Å². The fraction of sp³-hybridized carbons (Fsp3) is 0.842. The molecule has 1 heteroatoms. The van der Waals surface area contributed by atoms with Crippen molar-refractivity contribution >= 4 is 0 Å². The second kappa shape index (κ2) is 12.0. The number of nitriles is 1. The molecule has 0 radical (unpaired) electrons. The Morgan fingerprint density at radius 2 is 1.30 bits per heavy atom. The molecule has 0 aromatic rings. The van der Waals surface area contributed by atoms with Gasteiger partial charge in [-0.1, -0.05) is 79.2 Å². The van der Waals surface area contributed by atoms with E-state index in [9.17, 15) is 0 Å². The molecule has 0 saturated carbocycles. The Morgan fingerprint density at radius 1 is 0.850 bits per heavy atom. The molecule has 2 unspecified atom stereocenters. The first-order valence-electron chi connectivity index (χ1n) is 8.53. The molecule has 0 saturated heterocycles. The van der Waals surface area contributed by atoms with Crippen molar-refractivity contribution in [1.29, 1.82) is 5.26 Å². The van der Waals surface area contributed by atoms with Gasteiger partial charge in [0.2, 0.25) is 0 Å². The van der Waals surface area contributed by atoms with Crippen LogP contribution in [0.1, 0.15) is 85.5 Å². The lowest BCUT2D eigenvalue weighted by Crippen LogP contribution is -2.00. The van der Waals surface area contributed by atoms with E-state index in [4.69, 9.17) is 5.26 Å². The number of hydrogen-bond donors (Lipinski definition) is 0. The minimum Gasteiger partial charge on any atom is -0.193 e. The van der Waals surface area contributed by atoms with Crippen molar-refractivity contribution in [3.63, 3.8) is 0 Å². The lowest BCUT2D eigenvalue weighted by Gasteiger charge is -2.14. The minimum atomic E-state index is 0.732. The second-order valence-corrected chi connectivity index (χ2v) is 7.07. The molecule has 20 heavy (non-hydrogen) atoms. The van der Waals surface area contributed by atoms with Crippen LogP contribution in [0.15, 0.2) is 12.2 Å². The van der Waals surface area contributed by atoms with Gasteiger partial charge in [0.05, 0.1) is 6.07 Å². The zero-order valence-electron chi connectivity index (χ0n) is 14.3. The standard InChI is InChI=1S/C19H35N/c1-16(2)9-6-10-17(3)11-7-12-18(4)13-8-14-19(5)15-20/h16-18H,5-14H2,1-4H3. The van der Waals surface area contributed by atoms with Crippen LogP contribution in [0.25, 0.3) is 0 Å². The van der Waals surface area contributed by atoms with E-state index < -0.39 is 0 Å². The largest absolute Gasteiger partial charge is 0.193 e. The zero-order valence-corrected chi connectivity index (χ0v) is 14.3. The third-order valence-corrected chi connectivity index (χ3v) is 4.21. The molecule has 2 atom stereocenters. The van der Waals surface area contributed by atoms with Gasteiger partial charge in [-0.2, -0.15) is 5.26 Å². The van der Waals surface area contributed by atoms with Crippen LogP contribution >= 0.6 is 0 Å². The molecule has 0 rings (SSSR count). The van der Waals surface area contributed by atoms with Crippen LogP contribution in [-0.2, 0) is 0 Å². The van der Waals surface area contributed by atoms with Crippen LogP contribution < -0.4 is 0 Å². The normalized spacial score (nSPS) is 14.0. The first-order valence-corrected chi connectivity index (χ1v) is 8.53. The topological polar surface area (TPSA) is 23.8 Å². The Morgan fingerprint density at radius 3 is 1.75 bits per heavy atom. The van der Waals surface area contributed by atoms with Crippen molar-refractivity contribution in [2.75, 3.05) is 0 Å². The summed E-state index contributed by atoms with van der Waals surface area (Å²) in [4.78, 5) is 0. The maximum Gasteiger partial charge on any atom is 0.0940 e. The monoisotopic (exact) mass is 277 g/mol.